The van der Waals surface area contributed by atoms with Crippen molar-refractivity contribution in [3.63, 3.8) is 0 Å². The lowest BCUT2D eigenvalue weighted by Gasteiger charge is -2.24. The molecule has 1 aliphatic rings. The van der Waals surface area contributed by atoms with Crippen molar-refractivity contribution in [2.24, 2.45) is 0 Å². The van der Waals surface area contributed by atoms with E-state index < -0.39 is 30.3 Å². The van der Waals surface area contributed by atoms with Gasteiger partial charge in [-0.1, -0.05) is 62.2 Å². The summed E-state index contributed by atoms with van der Waals surface area (Å²) in [5.74, 6) is -1.32. The number of aliphatic hydroxyl groups excluding tert-OH is 1. The average molecular weight is 449 g/mol. The molecule has 3 atom stereocenters. The minimum atomic E-state index is -1.19. The van der Waals surface area contributed by atoms with Gasteiger partial charge in [-0.25, -0.2) is 9.59 Å². The summed E-state index contributed by atoms with van der Waals surface area (Å²) in [5, 5.41) is 10.6. The molecule has 0 aliphatic heterocycles. The fraction of sp³-hybridized carbons (Fsp3) is 0.296. The topological polar surface area (TPSA) is 89.9 Å². The molecule has 0 saturated heterocycles. The van der Waals surface area contributed by atoms with Crippen LogP contribution in [0.4, 0.5) is 0 Å². The van der Waals surface area contributed by atoms with Gasteiger partial charge in [0.2, 0.25) is 0 Å². The minimum absolute atomic E-state index is 0.0586. The second kappa shape index (κ2) is 11.9. The Morgan fingerprint density at radius 2 is 1.45 bits per heavy atom. The number of benzene rings is 2. The van der Waals surface area contributed by atoms with E-state index in [2.05, 4.69) is 6.92 Å². The molecule has 6 heteroatoms. The Labute approximate surface area is 193 Å². The average Bonchev–Trinajstić information content (AvgIpc) is 3.12. The standard InChI is InChI=1S/C27H28O6/c1-2-3-6-15-22(28)17-16-21-18-23(29)25(33-27(31)20-13-9-5-10-14-20)24(21)32-26(30)19-11-7-4-8-12-19/h4-5,7-14,16-18,23-25,29H,2-3,6,15H2,1H3/t23-,24+,25+/m1/s1. The van der Waals surface area contributed by atoms with Gasteiger partial charge in [-0.3, -0.25) is 4.79 Å². The van der Waals surface area contributed by atoms with Gasteiger partial charge in [0.25, 0.3) is 0 Å². The molecule has 1 aliphatic carbocycles. The van der Waals surface area contributed by atoms with Crippen LogP contribution in [0.2, 0.25) is 0 Å². The molecule has 172 valence electrons. The first kappa shape index (κ1) is 24.1. The molecule has 2 aromatic rings. The van der Waals surface area contributed by atoms with Crippen molar-refractivity contribution in [3.05, 3.63) is 95.6 Å². The van der Waals surface area contributed by atoms with Crippen LogP contribution in [0.1, 0.15) is 53.3 Å². The zero-order chi connectivity index (χ0) is 23.6. The first-order valence-corrected chi connectivity index (χ1v) is 11.1. The van der Waals surface area contributed by atoms with Crippen LogP contribution in [-0.4, -0.2) is 41.1 Å². The molecule has 3 rings (SSSR count). The zero-order valence-corrected chi connectivity index (χ0v) is 18.6. The maximum Gasteiger partial charge on any atom is 0.338 e. The summed E-state index contributed by atoms with van der Waals surface area (Å²) < 4.78 is 11.2. The lowest BCUT2D eigenvalue weighted by atomic mass is 10.1. The number of hydrogen-bond donors (Lipinski definition) is 1. The number of esters is 2. The Morgan fingerprint density at radius 3 is 2.03 bits per heavy atom. The summed E-state index contributed by atoms with van der Waals surface area (Å²) >= 11 is 0. The molecular weight excluding hydrogens is 420 g/mol. The third-order valence-corrected chi connectivity index (χ3v) is 5.31. The van der Waals surface area contributed by atoms with Gasteiger partial charge in [-0.15, -0.1) is 0 Å². The number of allylic oxidation sites excluding steroid dienone is 1. The van der Waals surface area contributed by atoms with E-state index in [1.807, 2.05) is 0 Å². The summed E-state index contributed by atoms with van der Waals surface area (Å²) in [6.07, 6.45) is 4.20. The van der Waals surface area contributed by atoms with Gasteiger partial charge in [0, 0.05) is 6.42 Å². The highest BCUT2D eigenvalue weighted by atomic mass is 16.6. The number of carbonyl (C=O) groups excluding carboxylic acids is 3. The maximum atomic E-state index is 12.7. The highest BCUT2D eigenvalue weighted by molar-refractivity contribution is 5.91. The summed E-state index contributed by atoms with van der Waals surface area (Å²) in [4.78, 5) is 37.5. The van der Waals surface area contributed by atoms with Crippen LogP contribution >= 0.6 is 0 Å². The highest BCUT2D eigenvalue weighted by Gasteiger charge is 2.41. The van der Waals surface area contributed by atoms with Gasteiger partial charge < -0.3 is 14.6 Å². The third-order valence-electron chi connectivity index (χ3n) is 5.31. The predicted octanol–water partition coefficient (Wildman–Crippen LogP) is 4.44. The number of carbonyl (C=O) groups is 3. The Bertz CT molecular complexity index is 1010. The largest absolute Gasteiger partial charge is 0.451 e. The van der Waals surface area contributed by atoms with Crippen LogP contribution in [-0.2, 0) is 14.3 Å². The number of hydrogen-bond acceptors (Lipinski definition) is 6. The van der Waals surface area contributed by atoms with E-state index in [0.29, 0.717) is 23.1 Å². The monoisotopic (exact) mass is 448 g/mol. The van der Waals surface area contributed by atoms with E-state index in [-0.39, 0.29) is 5.78 Å². The van der Waals surface area contributed by atoms with Crippen LogP contribution in [0.5, 0.6) is 0 Å². The maximum absolute atomic E-state index is 12.7. The molecule has 0 radical (unpaired) electrons. The predicted molar refractivity (Wildman–Crippen MR) is 124 cm³/mol. The summed E-state index contributed by atoms with van der Waals surface area (Å²) in [5.41, 5.74) is 1.04. The molecule has 0 amide bonds. The molecule has 6 nitrogen and oxygen atoms in total. The lowest BCUT2D eigenvalue weighted by molar-refractivity contribution is -0.114. The van der Waals surface area contributed by atoms with E-state index in [1.165, 1.54) is 18.2 Å². The van der Waals surface area contributed by atoms with E-state index in [9.17, 15) is 19.5 Å². The van der Waals surface area contributed by atoms with Crippen molar-refractivity contribution in [3.8, 4) is 0 Å². The van der Waals surface area contributed by atoms with Gasteiger partial charge >= 0.3 is 11.9 Å². The summed E-state index contributed by atoms with van der Waals surface area (Å²) in [6, 6.07) is 16.8. The Kier molecular flexibility index (Phi) is 8.72. The van der Waals surface area contributed by atoms with Gasteiger partial charge in [0.1, 0.15) is 6.10 Å². The van der Waals surface area contributed by atoms with E-state index in [4.69, 9.17) is 9.47 Å². The van der Waals surface area contributed by atoms with Crippen LogP contribution < -0.4 is 0 Å². The molecule has 2 aromatic carbocycles. The molecule has 1 N–H and O–H groups in total. The second-order valence-electron chi connectivity index (χ2n) is 7.84. The van der Waals surface area contributed by atoms with Gasteiger partial charge in [-0.2, -0.15) is 0 Å². The van der Waals surface area contributed by atoms with Crippen molar-refractivity contribution in [1.29, 1.82) is 0 Å². The molecule has 0 fully saturated rings. The van der Waals surface area contributed by atoms with E-state index >= 15 is 0 Å². The zero-order valence-electron chi connectivity index (χ0n) is 18.6. The van der Waals surface area contributed by atoms with Gasteiger partial charge in [0.05, 0.1) is 11.1 Å². The third kappa shape index (κ3) is 6.73. The fourth-order valence-corrected chi connectivity index (χ4v) is 3.52. The quantitative estimate of drug-likeness (QED) is 0.328. The molecule has 0 unspecified atom stereocenters. The van der Waals surface area contributed by atoms with Crippen molar-refractivity contribution < 1.29 is 29.0 Å². The molecule has 0 aromatic heterocycles. The van der Waals surface area contributed by atoms with Crippen molar-refractivity contribution in [2.45, 2.75) is 50.9 Å². The van der Waals surface area contributed by atoms with E-state index in [1.54, 1.807) is 60.7 Å². The number of ether oxygens (including phenoxy) is 2. The first-order valence-electron chi connectivity index (χ1n) is 11.1. The number of aliphatic hydroxyl groups is 1. The van der Waals surface area contributed by atoms with Crippen LogP contribution in [0.3, 0.4) is 0 Å². The molecule has 33 heavy (non-hydrogen) atoms. The lowest BCUT2D eigenvalue weighted by Crippen LogP contribution is -2.39. The van der Waals surface area contributed by atoms with E-state index in [0.717, 1.165) is 19.3 Å². The van der Waals surface area contributed by atoms with Crippen molar-refractivity contribution in [2.75, 3.05) is 0 Å². The van der Waals surface area contributed by atoms with Crippen LogP contribution in [0.25, 0.3) is 0 Å². The molecule has 0 spiro atoms. The summed E-state index contributed by atoms with van der Waals surface area (Å²) in [6.45, 7) is 2.06. The normalized spacial score (nSPS) is 19.8. The van der Waals surface area contributed by atoms with Gasteiger partial charge in [0.15, 0.2) is 18.0 Å². The number of unbranched alkanes of at least 4 members (excludes halogenated alkanes) is 2. The molecule has 0 heterocycles. The Balaban J connectivity index is 1.78. The van der Waals surface area contributed by atoms with Gasteiger partial charge in [-0.05, 0) is 48.4 Å². The molecular formula is C27H28O6. The number of ketones is 1. The minimum Gasteiger partial charge on any atom is -0.451 e. The van der Waals surface area contributed by atoms with Crippen LogP contribution in [0.15, 0.2) is 84.5 Å². The number of rotatable bonds is 10. The highest BCUT2D eigenvalue weighted by Crippen LogP contribution is 2.29. The molecule has 0 bridgehead atoms. The van der Waals surface area contributed by atoms with Crippen molar-refractivity contribution in [1.82, 2.24) is 0 Å². The first-order chi connectivity index (χ1) is 16.0. The molecule has 0 saturated carbocycles. The van der Waals surface area contributed by atoms with Crippen molar-refractivity contribution >= 4 is 17.7 Å². The smallest absolute Gasteiger partial charge is 0.338 e. The second-order valence-corrected chi connectivity index (χ2v) is 7.84. The van der Waals surface area contributed by atoms with Crippen LogP contribution in [0, 0.1) is 0 Å². The fourth-order valence-electron chi connectivity index (χ4n) is 3.52. The Hall–Kier alpha value is -3.51. The Morgan fingerprint density at radius 1 is 0.879 bits per heavy atom. The SMILES string of the molecule is CCCCCC(=O)C=CC1=C[C@@H](O)[C@H](OC(=O)c2ccccc2)[C@H]1OC(=O)c1ccccc1. The summed E-state index contributed by atoms with van der Waals surface area (Å²) in [7, 11) is 0.